The van der Waals surface area contributed by atoms with Gasteiger partial charge >= 0.3 is 0 Å². The van der Waals surface area contributed by atoms with Crippen molar-refractivity contribution in [2.24, 2.45) is 23.7 Å². The van der Waals surface area contributed by atoms with Crippen LogP contribution in [0.2, 0.25) is 0 Å². The summed E-state index contributed by atoms with van der Waals surface area (Å²) < 4.78 is 0. The van der Waals surface area contributed by atoms with Gasteiger partial charge in [-0.05, 0) is 105 Å². The number of benzene rings is 1. The molecule has 1 atom stereocenters. The average molecular weight is 538 g/mol. The zero-order valence-corrected chi connectivity index (χ0v) is 23.4. The summed E-state index contributed by atoms with van der Waals surface area (Å²) in [5, 5.41) is 6.36. The van der Waals surface area contributed by atoms with E-state index in [1.165, 1.54) is 77.2 Å². The predicted octanol–water partition coefficient (Wildman–Crippen LogP) is 5.29. The smallest absolute Gasteiger partial charge is 0.255 e. The van der Waals surface area contributed by atoms with Crippen LogP contribution in [0, 0.1) is 23.7 Å². The van der Waals surface area contributed by atoms with E-state index < -0.39 is 6.04 Å². The Morgan fingerprint density at radius 2 is 1.61 bits per heavy atom. The number of imide groups is 1. The van der Waals surface area contributed by atoms with Gasteiger partial charge in [0.05, 0.1) is 0 Å². The van der Waals surface area contributed by atoms with Crippen molar-refractivity contribution < 1.29 is 14.4 Å². The molecule has 7 rings (SSSR count). The molecule has 1 saturated heterocycles. The summed E-state index contributed by atoms with van der Waals surface area (Å²) >= 11 is 1.83. The van der Waals surface area contributed by atoms with E-state index in [2.05, 4.69) is 16.7 Å². The molecule has 206 valence electrons. The number of fused-ring (bicyclic) bond motifs is 1. The highest BCUT2D eigenvalue weighted by atomic mass is 32.2. The third kappa shape index (κ3) is 5.56. The van der Waals surface area contributed by atoms with E-state index in [0.717, 1.165) is 45.9 Å². The van der Waals surface area contributed by atoms with E-state index in [4.69, 9.17) is 0 Å². The van der Waals surface area contributed by atoms with Crippen molar-refractivity contribution in [3.8, 4) is 0 Å². The van der Waals surface area contributed by atoms with Gasteiger partial charge in [0.25, 0.3) is 5.91 Å². The Balaban J connectivity index is 0.861. The molecule has 6 aliphatic rings. The van der Waals surface area contributed by atoms with Crippen molar-refractivity contribution in [2.75, 3.05) is 12.3 Å². The number of thioether (sulfide) groups is 1. The SMILES string of the molecule is O=C1CCC(N2Cc3c(SCCCCCCCCNC4C5CC6CC(C5)CC4C6)cccc3C2=O)C(=O)N1. The lowest BCUT2D eigenvalue weighted by Crippen LogP contribution is -2.54. The number of hydrogen-bond acceptors (Lipinski definition) is 5. The normalized spacial score (nSPS) is 31.7. The third-order valence-electron chi connectivity index (χ3n) is 9.97. The van der Waals surface area contributed by atoms with E-state index in [9.17, 15) is 14.4 Å². The van der Waals surface area contributed by atoms with E-state index >= 15 is 0 Å². The van der Waals surface area contributed by atoms with E-state index in [1.54, 1.807) is 4.90 Å². The summed E-state index contributed by atoms with van der Waals surface area (Å²) in [6.07, 6.45) is 16.0. The van der Waals surface area contributed by atoms with Crippen LogP contribution in [0.15, 0.2) is 23.1 Å². The Morgan fingerprint density at radius 1 is 0.895 bits per heavy atom. The van der Waals surface area contributed by atoms with Gasteiger partial charge in [-0.3, -0.25) is 19.7 Å². The lowest BCUT2D eigenvalue weighted by atomic mass is 9.54. The second kappa shape index (κ2) is 11.7. The maximum Gasteiger partial charge on any atom is 0.255 e. The number of rotatable bonds is 12. The summed E-state index contributed by atoms with van der Waals surface area (Å²) in [5.74, 6) is 4.45. The van der Waals surface area contributed by atoms with Crippen LogP contribution < -0.4 is 10.6 Å². The minimum absolute atomic E-state index is 0.0882. The number of carbonyl (C=O) groups excluding carboxylic acids is 3. The van der Waals surface area contributed by atoms with Gasteiger partial charge in [-0.15, -0.1) is 11.8 Å². The first-order valence-corrected chi connectivity index (χ1v) is 16.2. The Bertz CT molecular complexity index is 1030. The zero-order chi connectivity index (χ0) is 26.1. The minimum atomic E-state index is -0.548. The molecule has 2 N–H and O–H groups in total. The molecule has 6 nitrogen and oxygen atoms in total. The lowest BCUT2D eigenvalue weighted by Gasteiger charge is -2.54. The Morgan fingerprint density at radius 3 is 2.34 bits per heavy atom. The van der Waals surface area contributed by atoms with Gasteiger partial charge in [-0.1, -0.05) is 31.7 Å². The van der Waals surface area contributed by atoms with Crippen LogP contribution in [0.25, 0.3) is 0 Å². The van der Waals surface area contributed by atoms with Gasteiger partial charge in [0, 0.05) is 29.5 Å². The van der Waals surface area contributed by atoms with Gasteiger partial charge in [-0.2, -0.15) is 0 Å². The summed E-state index contributed by atoms with van der Waals surface area (Å²) in [4.78, 5) is 39.6. The number of unbranched alkanes of at least 4 members (excludes halogenated alkanes) is 5. The number of carbonyl (C=O) groups is 3. The third-order valence-corrected chi connectivity index (χ3v) is 11.2. The minimum Gasteiger partial charge on any atom is -0.322 e. The van der Waals surface area contributed by atoms with Gasteiger partial charge in [0.2, 0.25) is 11.8 Å². The topological polar surface area (TPSA) is 78.5 Å². The fourth-order valence-electron chi connectivity index (χ4n) is 8.34. The Kier molecular flexibility index (Phi) is 8.13. The van der Waals surface area contributed by atoms with Crippen molar-refractivity contribution >= 4 is 29.5 Å². The molecule has 38 heavy (non-hydrogen) atoms. The summed E-state index contributed by atoms with van der Waals surface area (Å²) in [6.45, 7) is 1.66. The van der Waals surface area contributed by atoms with Crippen molar-refractivity contribution in [3.05, 3.63) is 29.3 Å². The molecule has 7 heteroatoms. The molecular formula is C31H43N3O3S. The molecule has 4 aliphatic carbocycles. The number of hydrogen-bond donors (Lipinski definition) is 2. The number of amides is 3. The monoisotopic (exact) mass is 537 g/mol. The van der Waals surface area contributed by atoms with Crippen LogP contribution in [0.1, 0.15) is 99.4 Å². The number of piperidine rings is 1. The maximum atomic E-state index is 13.0. The van der Waals surface area contributed by atoms with E-state index in [-0.39, 0.29) is 24.1 Å². The van der Waals surface area contributed by atoms with Crippen molar-refractivity contribution in [1.82, 2.24) is 15.5 Å². The van der Waals surface area contributed by atoms with Gasteiger partial charge < -0.3 is 10.2 Å². The summed E-state index contributed by atoms with van der Waals surface area (Å²) in [7, 11) is 0. The molecule has 4 saturated carbocycles. The molecule has 1 unspecified atom stereocenters. The number of nitrogens with zero attached hydrogens (tertiary/aromatic N) is 1. The van der Waals surface area contributed by atoms with Crippen molar-refractivity contribution in [2.45, 2.75) is 107 Å². The van der Waals surface area contributed by atoms with Crippen LogP contribution in [-0.4, -0.2) is 47.0 Å². The van der Waals surface area contributed by atoms with E-state index in [0.29, 0.717) is 18.5 Å². The second-order valence-corrected chi connectivity index (χ2v) is 13.7. The lowest BCUT2D eigenvalue weighted by molar-refractivity contribution is -0.136. The molecule has 0 spiro atoms. The Hall–Kier alpha value is -1.86. The molecule has 2 aliphatic heterocycles. The van der Waals surface area contributed by atoms with Crippen LogP contribution in [0.5, 0.6) is 0 Å². The zero-order valence-electron chi connectivity index (χ0n) is 22.6. The molecule has 0 aromatic heterocycles. The summed E-state index contributed by atoms with van der Waals surface area (Å²) in [5.41, 5.74) is 1.75. The van der Waals surface area contributed by atoms with E-state index in [1.807, 2.05) is 23.9 Å². The first-order chi connectivity index (χ1) is 18.6. The molecular weight excluding hydrogens is 494 g/mol. The maximum absolute atomic E-state index is 13.0. The standard InChI is InChI=1S/C31H43N3O3S/c35-28-11-10-26(30(36)33-28)34-19-25-24(31(34)37)8-7-9-27(25)38-13-6-4-2-1-3-5-12-32-29-22-15-20-14-21(17-22)18-23(29)16-20/h7-9,20-23,26,29,32H,1-6,10-19H2,(H,33,35,36). The fraction of sp³-hybridized carbons (Fsp3) is 0.710. The van der Waals surface area contributed by atoms with Gasteiger partial charge in [-0.25, -0.2) is 0 Å². The molecule has 2 heterocycles. The molecule has 5 fully saturated rings. The molecule has 1 aromatic rings. The first kappa shape index (κ1) is 26.4. The highest BCUT2D eigenvalue weighted by molar-refractivity contribution is 7.99. The fourth-order valence-corrected chi connectivity index (χ4v) is 9.43. The second-order valence-electron chi connectivity index (χ2n) is 12.6. The number of nitrogens with one attached hydrogen (secondary N) is 2. The van der Waals surface area contributed by atoms with Crippen LogP contribution in [0.3, 0.4) is 0 Å². The highest BCUT2D eigenvalue weighted by Gasteiger charge is 2.47. The largest absolute Gasteiger partial charge is 0.322 e. The Labute approximate surface area is 231 Å². The van der Waals surface area contributed by atoms with Gasteiger partial charge in [0.1, 0.15) is 6.04 Å². The molecule has 1 aromatic carbocycles. The molecule has 4 bridgehead atoms. The highest BCUT2D eigenvalue weighted by Crippen LogP contribution is 2.53. The van der Waals surface area contributed by atoms with Crippen molar-refractivity contribution in [3.63, 3.8) is 0 Å². The van der Waals surface area contributed by atoms with Crippen molar-refractivity contribution in [1.29, 1.82) is 0 Å². The summed E-state index contributed by atoms with van der Waals surface area (Å²) in [6, 6.07) is 6.19. The first-order valence-electron chi connectivity index (χ1n) is 15.2. The van der Waals surface area contributed by atoms with Crippen LogP contribution in [-0.2, 0) is 16.1 Å². The predicted molar refractivity (Wildman–Crippen MR) is 150 cm³/mol. The average Bonchev–Trinajstić information content (AvgIpc) is 3.23. The van der Waals surface area contributed by atoms with Crippen LogP contribution >= 0.6 is 11.8 Å². The van der Waals surface area contributed by atoms with Crippen LogP contribution in [0.4, 0.5) is 0 Å². The molecule has 0 radical (unpaired) electrons. The van der Waals surface area contributed by atoms with Gasteiger partial charge in [0.15, 0.2) is 0 Å². The quantitative estimate of drug-likeness (QED) is 0.215. The molecule has 3 amide bonds.